The zero-order valence-corrected chi connectivity index (χ0v) is 27.9. The largest absolute Gasteiger partial charge is 0.481 e. The van der Waals surface area contributed by atoms with Crippen molar-refractivity contribution in [2.75, 3.05) is 0 Å². The van der Waals surface area contributed by atoms with Crippen LogP contribution in [0.2, 0.25) is 0 Å². The number of nitrogens with zero attached hydrogens (tertiary/aromatic N) is 2. The van der Waals surface area contributed by atoms with E-state index in [2.05, 4.69) is 23.1 Å². The molecule has 44 heavy (non-hydrogen) atoms. The van der Waals surface area contributed by atoms with Crippen LogP contribution in [0.25, 0.3) is 50.4 Å². The van der Waals surface area contributed by atoms with Crippen LogP contribution in [0.4, 0.5) is 0 Å². The van der Waals surface area contributed by atoms with Gasteiger partial charge in [-0.1, -0.05) is 25.3 Å². The van der Waals surface area contributed by atoms with Gasteiger partial charge >= 0.3 is 11.9 Å². The molecule has 0 amide bonds. The average Bonchev–Trinajstić information content (AvgIpc) is 3.59. The van der Waals surface area contributed by atoms with Crippen LogP contribution in [0.15, 0.2) is 43.5 Å². The van der Waals surface area contributed by atoms with Crippen molar-refractivity contribution in [3.05, 3.63) is 88.5 Å². The number of aromatic amines is 2. The number of carbonyl (C=O) groups is 2. The van der Waals surface area contributed by atoms with Crippen molar-refractivity contribution in [2.24, 2.45) is 0 Å². The number of H-pyrrole nitrogens is 2. The smallest absolute Gasteiger partial charge is 0.303 e. The van der Waals surface area contributed by atoms with E-state index in [4.69, 9.17) is 9.97 Å². The van der Waals surface area contributed by atoms with Gasteiger partial charge in [-0.05, 0) is 98.2 Å². The fourth-order valence-corrected chi connectivity index (χ4v) is 5.77. The van der Waals surface area contributed by atoms with E-state index in [1.807, 2.05) is 58.0 Å². The third-order valence-corrected chi connectivity index (χ3v) is 8.22. The molecule has 0 fully saturated rings. The first-order valence-corrected chi connectivity index (χ1v) is 13.9. The molecule has 0 spiro atoms. The molecule has 0 aliphatic carbocycles. The van der Waals surface area contributed by atoms with Crippen LogP contribution in [0.5, 0.6) is 0 Å². The van der Waals surface area contributed by atoms with Crippen LogP contribution in [0, 0.1) is 13.8 Å². The Morgan fingerprint density at radius 1 is 0.727 bits per heavy atom. The van der Waals surface area contributed by atoms with Crippen LogP contribution < -0.4 is 0 Å². The van der Waals surface area contributed by atoms with Gasteiger partial charge in [0.1, 0.15) is 0 Å². The van der Waals surface area contributed by atoms with Gasteiger partial charge in [0.15, 0.2) is 0 Å². The summed E-state index contributed by atoms with van der Waals surface area (Å²) in [6.07, 6.45) is 4.22. The summed E-state index contributed by atoms with van der Waals surface area (Å²) in [5, 5.41) is 18.9. The number of aromatic nitrogens is 4. The van der Waals surface area contributed by atoms with Gasteiger partial charge in [0.2, 0.25) is 0 Å². The number of rotatable bonds is 8. The van der Waals surface area contributed by atoms with E-state index in [0.717, 1.165) is 83.7 Å². The van der Waals surface area contributed by atoms with Gasteiger partial charge < -0.3 is 20.2 Å². The average molecular weight is 699 g/mol. The maximum atomic E-state index is 11.5. The Labute approximate surface area is 277 Å². The maximum absolute atomic E-state index is 11.5. The zero-order valence-electron chi connectivity index (χ0n) is 25.1. The molecule has 0 aromatic carbocycles. The SMILES string of the molecule is Br.C=CC1=C(C)c2cc3[nH]c(cc4nc(cc5[nH]c(cc1n2)c(C)c5CCC(=O)O)C(CCC(=O)O)=C4C)c(C)c3C=C.[Fe]. The molecule has 8 bridgehead atoms. The van der Waals surface area contributed by atoms with E-state index in [1.165, 1.54) is 0 Å². The summed E-state index contributed by atoms with van der Waals surface area (Å²) in [5.41, 5.74) is 13.7. The van der Waals surface area contributed by atoms with E-state index >= 15 is 0 Å². The van der Waals surface area contributed by atoms with Crippen LogP contribution >= 0.6 is 17.0 Å². The molecule has 5 rings (SSSR count). The minimum atomic E-state index is -0.883. The maximum Gasteiger partial charge on any atom is 0.303 e. The van der Waals surface area contributed by atoms with Gasteiger partial charge in [-0.15, -0.1) is 17.0 Å². The molecule has 3 aromatic heterocycles. The van der Waals surface area contributed by atoms with Crippen LogP contribution in [0.3, 0.4) is 0 Å². The number of fused-ring (bicyclic) bond motifs is 8. The Morgan fingerprint density at radius 3 is 1.89 bits per heavy atom. The van der Waals surface area contributed by atoms with Gasteiger partial charge in [0.25, 0.3) is 0 Å². The first-order valence-electron chi connectivity index (χ1n) is 13.9. The molecule has 2 aliphatic rings. The third-order valence-electron chi connectivity index (χ3n) is 8.22. The minimum Gasteiger partial charge on any atom is -0.481 e. The van der Waals surface area contributed by atoms with Gasteiger partial charge in [0, 0.05) is 63.1 Å². The van der Waals surface area contributed by atoms with Crippen LogP contribution in [0.1, 0.15) is 78.1 Å². The van der Waals surface area contributed by atoms with Crippen molar-refractivity contribution in [3.8, 4) is 0 Å². The number of aliphatic carboxylic acids is 2. The molecular formula is C34H35BrFeN4O4. The summed E-state index contributed by atoms with van der Waals surface area (Å²) < 4.78 is 0. The number of hydrogen-bond donors (Lipinski definition) is 4. The number of nitrogens with one attached hydrogen (secondary N) is 2. The fraction of sp³-hybridized carbons (Fsp3) is 0.235. The standard InChI is InChI=1S/C34H34N4O4.BrH.Fe/c1-7-21-17(3)25-13-26-19(5)23(9-11-33(39)40)31(37-26)16-32-24(10-12-34(41)42)20(6)28(38-32)15-30-22(8-2)18(4)27(36-30)14-29(21)35-25;;/h7-8,13-16,35,38H,1-2,9-12H2,3-6H3,(H,39,40)(H,41,42);1H;. The molecule has 0 atom stereocenters. The number of hydrogen-bond acceptors (Lipinski definition) is 4. The van der Waals surface area contributed by atoms with Crippen LogP contribution in [-0.2, 0) is 33.1 Å². The Bertz CT molecular complexity index is 1930. The Balaban J connectivity index is 0.00000264. The van der Waals surface area contributed by atoms with Crippen molar-refractivity contribution >= 4 is 79.4 Å². The molecule has 8 nitrogen and oxygen atoms in total. The number of allylic oxidation sites excluding steroid dienone is 5. The van der Waals surface area contributed by atoms with E-state index in [-0.39, 0.29) is 46.9 Å². The number of aryl methyl sites for hydroxylation is 3. The quantitative estimate of drug-likeness (QED) is 0.176. The third kappa shape index (κ3) is 6.43. The summed E-state index contributed by atoms with van der Waals surface area (Å²) in [6.45, 7) is 16.0. The molecule has 3 aromatic rings. The molecule has 0 radical (unpaired) electrons. The van der Waals surface area contributed by atoms with E-state index in [1.54, 1.807) is 6.08 Å². The Kier molecular flexibility index (Phi) is 10.8. The van der Waals surface area contributed by atoms with Crippen molar-refractivity contribution < 1.29 is 36.9 Å². The summed E-state index contributed by atoms with van der Waals surface area (Å²) in [7, 11) is 0. The van der Waals surface area contributed by atoms with Gasteiger partial charge in [-0.25, -0.2) is 9.97 Å². The molecule has 0 saturated carbocycles. The summed E-state index contributed by atoms with van der Waals surface area (Å²) >= 11 is 0. The topological polar surface area (TPSA) is 132 Å². The Hall–Kier alpha value is -3.98. The predicted molar refractivity (Wildman–Crippen MR) is 179 cm³/mol. The molecular weight excluding hydrogens is 664 g/mol. The van der Waals surface area contributed by atoms with Crippen molar-refractivity contribution in [3.63, 3.8) is 0 Å². The minimum absolute atomic E-state index is 0. The molecule has 5 heterocycles. The summed E-state index contributed by atoms with van der Waals surface area (Å²) in [6, 6.07) is 7.88. The second-order valence-corrected chi connectivity index (χ2v) is 10.7. The predicted octanol–water partition coefficient (Wildman–Crippen LogP) is 8.08. The first kappa shape index (κ1) is 34.5. The van der Waals surface area contributed by atoms with Gasteiger partial charge in [-0.3, -0.25) is 9.59 Å². The Morgan fingerprint density at radius 2 is 1.25 bits per heavy atom. The molecule has 0 unspecified atom stereocenters. The number of halogens is 1. The van der Waals surface area contributed by atoms with E-state index in [9.17, 15) is 19.8 Å². The van der Waals surface area contributed by atoms with E-state index in [0.29, 0.717) is 18.5 Å². The van der Waals surface area contributed by atoms with Crippen molar-refractivity contribution in [2.45, 2.75) is 53.4 Å². The first-order chi connectivity index (χ1) is 20.0. The number of carboxylic acid groups (broad SMARTS) is 2. The fourth-order valence-electron chi connectivity index (χ4n) is 5.77. The molecule has 230 valence electrons. The molecule has 2 aliphatic heterocycles. The van der Waals surface area contributed by atoms with Crippen LogP contribution in [-0.4, -0.2) is 42.1 Å². The van der Waals surface area contributed by atoms with Gasteiger partial charge in [-0.2, -0.15) is 0 Å². The molecule has 0 saturated heterocycles. The van der Waals surface area contributed by atoms with Gasteiger partial charge in [0.05, 0.1) is 22.8 Å². The second kappa shape index (κ2) is 13.8. The molecule has 10 heteroatoms. The molecule has 4 N–H and O–H groups in total. The van der Waals surface area contributed by atoms with Crippen molar-refractivity contribution in [1.29, 1.82) is 0 Å². The normalized spacial score (nSPS) is 12.5. The monoisotopic (exact) mass is 698 g/mol. The summed E-state index contributed by atoms with van der Waals surface area (Å²) in [5.74, 6) is -1.76. The van der Waals surface area contributed by atoms with Crippen molar-refractivity contribution in [1.82, 2.24) is 19.9 Å². The number of carboxylic acids is 2. The second-order valence-electron chi connectivity index (χ2n) is 10.7. The summed E-state index contributed by atoms with van der Waals surface area (Å²) in [4.78, 5) is 40.0. The van der Waals surface area contributed by atoms with E-state index < -0.39 is 11.9 Å². The zero-order chi connectivity index (χ0) is 30.3.